The number of aryl methyl sites for hydroxylation is 1. The molecule has 0 amide bonds. The van der Waals surface area contributed by atoms with Gasteiger partial charge in [-0.05, 0) is 36.9 Å². The minimum atomic E-state index is -2.06. The lowest BCUT2D eigenvalue weighted by molar-refractivity contribution is -0.0366. The molecule has 1 aromatic rings. The quantitative estimate of drug-likeness (QED) is 0.449. The molecule has 2 saturated heterocycles. The third-order valence-corrected chi connectivity index (χ3v) is 20.2. The SMILES string of the molecule is Cc1cn([C@H]2C[C@H](O[Si](C)(C)C(C)(C)C)[C@@H](COP3(=S)SCCS3)O2)c(=O)[nH]c1=O. The second-order valence-corrected chi connectivity index (χ2v) is 24.7. The first-order valence-corrected chi connectivity index (χ1v) is 18.8. The normalized spacial score (nSPS) is 26.9. The summed E-state index contributed by atoms with van der Waals surface area (Å²) in [5.41, 5.74) is -0.386. The van der Waals surface area contributed by atoms with Crippen LogP contribution in [0.25, 0.3) is 0 Å². The highest BCUT2D eigenvalue weighted by molar-refractivity contribution is 9.00. The van der Waals surface area contributed by atoms with Gasteiger partial charge in [0, 0.05) is 29.7 Å². The van der Waals surface area contributed by atoms with Crippen molar-refractivity contribution in [1.82, 2.24) is 9.55 Å². The Labute approximate surface area is 191 Å². The average molecular weight is 511 g/mol. The topological polar surface area (TPSA) is 82.6 Å². The lowest BCUT2D eigenvalue weighted by atomic mass is 10.2. The van der Waals surface area contributed by atoms with E-state index in [1.165, 1.54) is 4.57 Å². The summed E-state index contributed by atoms with van der Waals surface area (Å²) >= 11 is 9.18. The van der Waals surface area contributed by atoms with E-state index in [0.29, 0.717) is 18.6 Å². The molecule has 0 aliphatic carbocycles. The van der Waals surface area contributed by atoms with Crippen molar-refractivity contribution >= 4 is 47.6 Å². The molecule has 3 atom stereocenters. The van der Waals surface area contributed by atoms with E-state index in [1.807, 2.05) is 0 Å². The van der Waals surface area contributed by atoms with Gasteiger partial charge in [0.2, 0.25) is 0 Å². The van der Waals surface area contributed by atoms with Crippen LogP contribution in [-0.4, -0.2) is 48.2 Å². The molecule has 0 radical (unpaired) electrons. The Kier molecular flexibility index (Phi) is 7.57. The number of hydrogen-bond acceptors (Lipinski definition) is 8. The Morgan fingerprint density at radius 3 is 2.57 bits per heavy atom. The highest BCUT2D eigenvalue weighted by Crippen LogP contribution is 2.74. The van der Waals surface area contributed by atoms with Crippen molar-refractivity contribution in [3.63, 3.8) is 0 Å². The van der Waals surface area contributed by atoms with Crippen molar-refractivity contribution in [1.29, 1.82) is 0 Å². The Bertz CT molecular complexity index is 935. The number of H-pyrrole nitrogens is 1. The van der Waals surface area contributed by atoms with E-state index in [1.54, 1.807) is 35.9 Å². The maximum atomic E-state index is 12.4. The van der Waals surface area contributed by atoms with Gasteiger partial charge in [-0.2, -0.15) is 0 Å². The van der Waals surface area contributed by atoms with Crippen molar-refractivity contribution in [3.8, 4) is 0 Å². The highest BCUT2D eigenvalue weighted by atomic mass is 33.2. The lowest BCUT2D eigenvalue weighted by Crippen LogP contribution is -2.46. The molecule has 0 unspecified atom stereocenters. The minimum absolute atomic E-state index is 0.0469. The molecule has 3 rings (SSSR count). The molecule has 0 spiro atoms. The molecule has 0 saturated carbocycles. The third kappa shape index (κ3) is 5.54. The van der Waals surface area contributed by atoms with Gasteiger partial charge >= 0.3 is 5.69 Å². The number of aromatic amines is 1. The van der Waals surface area contributed by atoms with Gasteiger partial charge in [-0.25, -0.2) is 4.79 Å². The molecule has 0 aromatic carbocycles. The molecule has 1 N–H and O–H groups in total. The van der Waals surface area contributed by atoms with Crippen LogP contribution in [0, 0.1) is 6.92 Å². The highest BCUT2D eigenvalue weighted by Gasteiger charge is 2.46. The standard InChI is InChI=1S/C18H31N2O5PS3Si/c1-12-10-20(17(22)19-16(12)21)15-9-13(25-30(5,6)18(2,3)4)14(24-15)11-23-26(27)28-7-8-29-26/h10,13-15H,7-9,11H2,1-6H3,(H,19,21,22)/t13-,14+,15+/m0/s1. The van der Waals surface area contributed by atoms with E-state index in [0.717, 1.165) is 11.5 Å². The monoisotopic (exact) mass is 510 g/mol. The number of aromatic nitrogens is 2. The van der Waals surface area contributed by atoms with Crippen LogP contribution in [0.2, 0.25) is 18.1 Å². The van der Waals surface area contributed by atoms with Crippen LogP contribution in [0.1, 0.15) is 39.0 Å². The van der Waals surface area contributed by atoms with Gasteiger partial charge in [-0.15, -0.1) is 0 Å². The second-order valence-electron chi connectivity index (χ2n) is 9.17. The molecular weight excluding hydrogens is 479 g/mol. The molecule has 0 bridgehead atoms. The lowest BCUT2D eigenvalue weighted by Gasteiger charge is -2.39. The molecule has 2 aliphatic heterocycles. The van der Waals surface area contributed by atoms with Crippen LogP contribution >= 0.6 is 27.4 Å². The Balaban J connectivity index is 1.83. The zero-order chi connectivity index (χ0) is 22.3. The molecule has 2 aliphatic rings. The van der Waals surface area contributed by atoms with Crippen molar-refractivity contribution in [2.45, 2.75) is 70.7 Å². The fourth-order valence-corrected chi connectivity index (χ4v) is 13.3. The number of hydrogen-bond donors (Lipinski definition) is 1. The number of ether oxygens (including phenoxy) is 1. The van der Waals surface area contributed by atoms with Crippen LogP contribution in [0.4, 0.5) is 0 Å². The van der Waals surface area contributed by atoms with E-state index in [-0.39, 0.29) is 22.8 Å². The van der Waals surface area contributed by atoms with Gasteiger partial charge < -0.3 is 13.7 Å². The van der Waals surface area contributed by atoms with Crippen LogP contribution in [0.15, 0.2) is 15.8 Å². The Morgan fingerprint density at radius 2 is 1.97 bits per heavy atom. The molecule has 7 nitrogen and oxygen atoms in total. The summed E-state index contributed by atoms with van der Waals surface area (Å²) in [6, 6.07) is 0. The van der Waals surface area contributed by atoms with Gasteiger partial charge in [0.05, 0.1) is 12.7 Å². The van der Waals surface area contributed by atoms with E-state index in [9.17, 15) is 9.59 Å². The molecule has 12 heteroatoms. The smallest absolute Gasteiger partial charge is 0.330 e. The van der Waals surface area contributed by atoms with Crippen molar-refractivity contribution in [2.24, 2.45) is 0 Å². The fraction of sp³-hybridized carbons (Fsp3) is 0.778. The van der Waals surface area contributed by atoms with E-state index < -0.39 is 24.9 Å². The fourth-order valence-electron chi connectivity index (χ4n) is 3.08. The maximum absolute atomic E-state index is 12.4. The predicted molar refractivity (Wildman–Crippen MR) is 132 cm³/mol. The summed E-state index contributed by atoms with van der Waals surface area (Å²) in [4.78, 5) is 26.5. The van der Waals surface area contributed by atoms with Crippen molar-refractivity contribution < 1.29 is 13.7 Å². The molecule has 1 aromatic heterocycles. The zero-order valence-electron chi connectivity index (χ0n) is 18.3. The van der Waals surface area contributed by atoms with Crippen molar-refractivity contribution in [3.05, 3.63) is 32.6 Å². The number of rotatable bonds is 6. The summed E-state index contributed by atoms with van der Waals surface area (Å²) in [6.45, 7) is 13.0. The van der Waals surface area contributed by atoms with Crippen LogP contribution in [0.3, 0.4) is 0 Å². The minimum Gasteiger partial charge on any atom is -0.411 e. The van der Waals surface area contributed by atoms with E-state index in [2.05, 4.69) is 38.8 Å². The van der Waals surface area contributed by atoms with Gasteiger partial charge in [0.15, 0.2) is 13.0 Å². The molecule has 30 heavy (non-hydrogen) atoms. The van der Waals surface area contributed by atoms with Crippen LogP contribution < -0.4 is 11.2 Å². The average Bonchev–Trinajstić information content (AvgIpc) is 3.22. The summed E-state index contributed by atoms with van der Waals surface area (Å²) in [5, 5.41) is 0.0469. The van der Waals surface area contributed by atoms with Gasteiger partial charge in [0.1, 0.15) is 12.3 Å². The summed E-state index contributed by atoms with van der Waals surface area (Å²) in [5.74, 6) is 2.04. The molecular formula is C18H31N2O5PS3Si. The largest absolute Gasteiger partial charge is 0.411 e. The molecule has 170 valence electrons. The summed E-state index contributed by atoms with van der Waals surface area (Å²) < 4.78 is 18.7. The first kappa shape index (κ1) is 24.8. The van der Waals surface area contributed by atoms with Gasteiger partial charge in [-0.1, -0.05) is 43.5 Å². The van der Waals surface area contributed by atoms with Gasteiger partial charge in [-0.3, -0.25) is 14.3 Å². The number of nitrogens with zero attached hydrogens (tertiary/aromatic N) is 1. The van der Waals surface area contributed by atoms with E-state index in [4.69, 9.17) is 25.5 Å². The Hall–Kier alpha value is 0.127. The first-order chi connectivity index (χ1) is 13.8. The summed E-state index contributed by atoms with van der Waals surface area (Å²) in [6.07, 6.45) is 1.05. The van der Waals surface area contributed by atoms with Crippen LogP contribution in [0.5, 0.6) is 0 Å². The molecule has 3 heterocycles. The first-order valence-electron chi connectivity index (χ1n) is 10.0. The van der Waals surface area contributed by atoms with Crippen molar-refractivity contribution in [2.75, 3.05) is 18.1 Å². The number of nitrogens with one attached hydrogen (secondary N) is 1. The Morgan fingerprint density at radius 1 is 1.33 bits per heavy atom. The third-order valence-electron chi connectivity index (χ3n) is 5.87. The van der Waals surface area contributed by atoms with E-state index >= 15 is 0 Å². The summed E-state index contributed by atoms with van der Waals surface area (Å²) in [7, 11) is -2.06. The van der Waals surface area contributed by atoms with Crippen LogP contribution in [-0.2, 0) is 25.5 Å². The predicted octanol–water partition coefficient (Wildman–Crippen LogP) is 4.24. The molecule has 2 fully saturated rings. The van der Waals surface area contributed by atoms with Gasteiger partial charge in [0.25, 0.3) is 5.56 Å². The maximum Gasteiger partial charge on any atom is 0.330 e. The second kappa shape index (κ2) is 9.17. The zero-order valence-corrected chi connectivity index (χ0v) is 22.6.